The fraction of sp³-hybridized carbons (Fsp3) is 0.538. The van der Waals surface area contributed by atoms with E-state index in [-0.39, 0.29) is 12.0 Å². The van der Waals surface area contributed by atoms with Gasteiger partial charge < -0.3 is 5.32 Å². The normalized spacial score (nSPS) is 29.6. The molecule has 1 nitrogen and oxygen atoms in total. The van der Waals surface area contributed by atoms with Gasteiger partial charge in [-0.25, -0.2) is 8.78 Å². The largest absolute Gasteiger partial charge is 0.311 e. The molecule has 1 aromatic carbocycles. The lowest BCUT2D eigenvalue weighted by Crippen LogP contribution is -2.28. The van der Waals surface area contributed by atoms with Gasteiger partial charge >= 0.3 is 0 Å². The molecule has 0 radical (unpaired) electrons. The second-order valence-electron chi connectivity index (χ2n) is 4.57. The van der Waals surface area contributed by atoms with E-state index < -0.39 is 11.6 Å². The SMILES string of the molecule is CCC1NC(C)CC1c1cccc(F)c1F. The molecule has 0 aromatic heterocycles. The van der Waals surface area contributed by atoms with E-state index in [1.54, 1.807) is 12.1 Å². The number of hydrogen-bond donors (Lipinski definition) is 1. The highest BCUT2D eigenvalue weighted by Crippen LogP contribution is 2.34. The Morgan fingerprint density at radius 3 is 2.81 bits per heavy atom. The lowest BCUT2D eigenvalue weighted by Gasteiger charge is -2.18. The molecule has 1 N–H and O–H groups in total. The minimum absolute atomic E-state index is 0.0932. The Kier molecular flexibility index (Phi) is 3.24. The van der Waals surface area contributed by atoms with Crippen molar-refractivity contribution in [1.82, 2.24) is 5.32 Å². The Labute approximate surface area is 94.9 Å². The molecule has 3 atom stereocenters. The zero-order chi connectivity index (χ0) is 11.7. The first-order chi connectivity index (χ1) is 7.63. The molecule has 1 fully saturated rings. The maximum atomic E-state index is 13.7. The summed E-state index contributed by atoms with van der Waals surface area (Å²) < 4.78 is 26.9. The first-order valence-corrected chi connectivity index (χ1v) is 5.83. The van der Waals surface area contributed by atoms with Crippen LogP contribution in [-0.4, -0.2) is 12.1 Å². The summed E-state index contributed by atoms with van der Waals surface area (Å²) in [5, 5.41) is 3.41. The first-order valence-electron chi connectivity index (χ1n) is 5.83. The number of benzene rings is 1. The van der Waals surface area contributed by atoms with Gasteiger partial charge in [-0.3, -0.25) is 0 Å². The second kappa shape index (κ2) is 4.50. The minimum atomic E-state index is -0.744. The average molecular weight is 225 g/mol. The van der Waals surface area contributed by atoms with Gasteiger partial charge in [0.15, 0.2) is 11.6 Å². The van der Waals surface area contributed by atoms with E-state index in [4.69, 9.17) is 0 Å². The number of nitrogens with one attached hydrogen (secondary N) is 1. The van der Waals surface area contributed by atoms with Crippen molar-refractivity contribution in [2.45, 2.75) is 44.7 Å². The number of halogens is 2. The van der Waals surface area contributed by atoms with Crippen LogP contribution in [0.15, 0.2) is 18.2 Å². The summed E-state index contributed by atoms with van der Waals surface area (Å²) in [5.74, 6) is -1.33. The Morgan fingerprint density at radius 2 is 2.12 bits per heavy atom. The first kappa shape index (κ1) is 11.5. The maximum absolute atomic E-state index is 13.7. The van der Waals surface area contributed by atoms with E-state index in [1.165, 1.54) is 6.07 Å². The van der Waals surface area contributed by atoms with Gasteiger partial charge in [0.1, 0.15) is 0 Å². The molecule has 2 rings (SSSR count). The Balaban J connectivity index is 2.33. The van der Waals surface area contributed by atoms with Crippen molar-refractivity contribution in [2.75, 3.05) is 0 Å². The molecule has 88 valence electrons. The number of hydrogen-bond acceptors (Lipinski definition) is 1. The van der Waals surface area contributed by atoms with Crippen LogP contribution in [0.1, 0.15) is 38.2 Å². The summed E-state index contributed by atoms with van der Waals surface area (Å²) in [6, 6.07) is 5.09. The van der Waals surface area contributed by atoms with Gasteiger partial charge in [-0.2, -0.15) is 0 Å². The van der Waals surface area contributed by atoms with E-state index in [0.29, 0.717) is 11.6 Å². The second-order valence-corrected chi connectivity index (χ2v) is 4.57. The molecule has 1 aromatic rings. The number of rotatable bonds is 2. The summed E-state index contributed by atoms with van der Waals surface area (Å²) >= 11 is 0. The van der Waals surface area contributed by atoms with Gasteiger partial charge in [-0.1, -0.05) is 19.1 Å². The lowest BCUT2D eigenvalue weighted by atomic mass is 9.89. The zero-order valence-electron chi connectivity index (χ0n) is 9.63. The molecular formula is C13H17F2N. The summed E-state index contributed by atoms with van der Waals surface area (Å²) in [6.07, 6.45) is 1.81. The van der Waals surface area contributed by atoms with Crippen LogP contribution in [0.3, 0.4) is 0 Å². The van der Waals surface area contributed by atoms with E-state index in [0.717, 1.165) is 12.8 Å². The Morgan fingerprint density at radius 1 is 1.38 bits per heavy atom. The van der Waals surface area contributed by atoms with Crippen molar-refractivity contribution in [3.8, 4) is 0 Å². The summed E-state index contributed by atoms with van der Waals surface area (Å²) in [7, 11) is 0. The molecule has 1 aliphatic rings. The highest BCUT2D eigenvalue weighted by molar-refractivity contribution is 5.26. The minimum Gasteiger partial charge on any atom is -0.311 e. The Bertz CT molecular complexity index is 378. The van der Waals surface area contributed by atoms with Crippen LogP contribution in [0, 0.1) is 11.6 Å². The average Bonchev–Trinajstić information content (AvgIpc) is 2.63. The zero-order valence-corrected chi connectivity index (χ0v) is 9.63. The van der Waals surface area contributed by atoms with Crippen molar-refractivity contribution in [3.05, 3.63) is 35.4 Å². The predicted octanol–water partition coefficient (Wildman–Crippen LogP) is 3.21. The molecule has 1 saturated heterocycles. The van der Waals surface area contributed by atoms with Crippen LogP contribution in [0.5, 0.6) is 0 Å². The van der Waals surface area contributed by atoms with Crippen LogP contribution < -0.4 is 5.32 Å². The van der Waals surface area contributed by atoms with Gasteiger partial charge in [-0.05, 0) is 31.4 Å². The highest BCUT2D eigenvalue weighted by atomic mass is 19.2. The van der Waals surface area contributed by atoms with Gasteiger partial charge in [0.25, 0.3) is 0 Å². The third kappa shape index (κ3) is 1.96. The third-order valence-corrected chi connectivity index (χ3v) is 3.41. The summed E-state index contributed by atoms with van der Waals surface area (Å²) in [6.45, 7) is 4.15. The van der Waals surface area contributed by atoms with Crippen LogP contribution in [0.4, 0.5) is 8.78 Å². The van der Waals surface area contributed by atoms with Crippen molar-refractivity contribution in [1.29, 1.82) is 0 Å². The monoisotopic (exact) mass is 225 g/mol. The summed E-state index contributed by atoms with van der Waals surface area (Å²) in [5.41, 5.74) is 0.517. The molecule has 0 spiro atoms. The third-order valence-electron chi connectivity index (χ3n) is 3.41. The molecule has 16 heavy (non-hydrogen) atoms. The van der Waals surface area contributed by atoms with Gasteiger partial charge in [0.05, 0.1) is 0 Å². The highest BCUT2D eigenvalue weighted by Gasteiger charge is 2.33. The van der Waals surface area contributed by atoms with Crippen molar-refractivity contribution >= 4 is 0 Å². The van der Waals surface area contributed by atoms with Gasteiger partial charge in [0, 0.05) is 18.0 Å². The standard InChI is InChI=1S/C13H17F2N/c1-3-12-10(7-8(2)16-12)9-5-4-6-11(14)13(9)15/h4-6,8,10,12,16H,3,7H2,1-2H3. The molecule has 0 bridgehead atoms. The molecule has 0 saturated carbocycles. The van der Waals surface area contributed by atoms with Crippen LogP contribution in [0.25, 0.3) is 0 Å². The van der Waals surface area contributed by atoms with Crippen molar-refractivity contribution < 1.29 is 8.78 Å². The molecule has 3 unspecified atom stereocenters. The Hall–Kier alpha value is -0.960. The smallest absolute Gasteiger partial charge is 0.162 e. The molecule has 3 heteroatoms. The fourth-order valence-corrected chi connectivity index (χ4v) is 2.65. The maximum Gasteiger partial charge on any atom is 0.162 e. The van der Waals surface area contributed by atoms with E-state index in [2.05, 4.69) is 19.2 Å². The topological polar surface area (TPSA) is 12.0 Å². The molecule has 0 amide bonds. The van der Waals surface area contributed by atoms with Crippen LogP contribution in [-0.2, 0) is 0 Å². The van der Waals surface area contributed by atoms with Gasteiger partial charge in [0.2, 0.25) is 0 Å². The molecule has 1 aliphatic heterocycles. The van der Waals surface area contributed by atoms with Crippen molar-refractivity contribution in [2.24, 2.45) is 0 Å². The fourth-order valence-electron chi connectivity index (χ4n) is 2.65. The van der Waals surface area contributed by atoms with Crippen molar-refractivity contribution in [3.63, 3.8) is 0 Å². The van der Waals surface area contributed by atoms with Gasteiger partial charge in [-0.15, -0.1) is 0 Å². The summed E-state index contributed by atoms with van der Waals surface area (Å²) in [4.78, 5) is 0. The molecule has 1 heterocycles. The predicted molar refractivity (Wildman–Crippen MR) is 60.4 cm³/mol. The van der Waals surface area contributed by atoms with Crippen LogP contribution >= 0.6 is 0 Å². The van der Waals surface area contributed by atoms with E-state index in [9.17, 15) is 8.78 Å². The van der Waals surface area contributed by atoms with E-state index in [1.807, 2.05) is 0 Å². The van der Waals surface area contributed by atoms with E-state index >= 15 is 0 Å². The lowest BCUT2D eigenvalue weighted by molar-refractivity contribution is 0.465. The quantitative estimate of drug-likeness (QED) is 0.815. The molecule has 0 aliphatic carbocycles. The van der Waals surface area contributed by atoms with Crippen LogP contribution in [0.2, 0.25) is 0 Å². The molecular weight excluding hydrogens is 208 g/mol.